The van der Waals surface area contributed by atoms with Crippen molar-refractivity contribution in [2.24, 2.45) is 0 Å². The molecular weight excluding hydrogens is 254 g/mol. The summed E-state index contributed by atoms with van der Waals surface area (Å²) in [6, 6.07) is 7.58. The molecule has 0 saturated carbocycles. The highest BCUT2D eigenvalue weighted by atomic mass is 16.5. The lowest BCUT2D eigenvalue weighted by molar-refractivity contribution is 0.340. The van der Waals surface area contributed by atoms with Gasteiger partial charge in [-0.1, -0.05) is 6.08 Å². The van der Waals surface area contributed by atoms with Crippen LogP contribution in [0.25, 0.3) is 0 Å². The van der Waals surface area contributed by atoms with Gasteiger partial charge in [-0.05, 0) is 31.2 Å². The Balaban J connectivity index is 2.03. The van der Waals surface area contributed by atoms with Crippen molar-refractivity contribution in [2.75, 3.05) is 23.8 Å². The number of benzene rings is 1. The summed E-state index contributed by atoms with van der Waals surface area (Å²) in [7, 11) is 0. The molecule has 0 aliphatic carbocycles. The number of hydrogen-bond acceptors (Lipinski definition) is 6. The molecule has 1 aromatic carbocycles. The molecule has 0 saturated heterocycles. The fourth-order valence-electron chi connectivity index (χ4n) is 1.55. The van der Waals surface area contributed by atoms with Gasteiger partial charge in [0.2, 0.25) is 5.95 Å². The first-order valence-corrected chi connectivity index (χ1v) is 6.36. The predicted octanol–water partition coefficient (Wildman–Crippen LogP) is 2.61. The van der Waals surface area contributed by atoms with E-state index in [2.05, 4.69) is 32.4 Å². The van der Waals surface area contributed by atoms with E-state index in [4.69, 9.17) is 4.74 Å². The van der Waals surface area contributed by atoms with Gasteiger partial charge in [-0.25, -0.2) is 0 Å². The Kier molecular flexibility index (Phi) is 4.88. The van der Waals surface area contributed by atoms with E-state index in [9.17, 15) is 0 Å². The molecule has 6 heteroatoms. The highest BCUT2D eigenvalue weighted by Gasteiger charge is 2.01. The van der Waals surface area contributed by atoms with Crippen LogP contribution in [0.2, 0.25) is 0 Å². The van der Waals surface area contributed by atoms with E-state index in [-0.39, 0.29) is 0 Å². The van der Waals surface area contributed by atoms with E-state index in [1.54, 1.807) is 12.3 Å². The molecule has 1 aromatic heterocycles. The molecule has 0 bridgehead atoms. The molecule has 0 aliphatic rings. The number of hydrogen-bond donors (Lipinski definition) is 2. The number of nitrogens with zero attached hydrogens (tertiary/aromatic N) is 3. The van der Waals surface area contributed by atoms with Crippen molar-refractivity contribution in [2.45, 2.75) is 6.92 Å². The number of aromatic nitrogens is 3. The minimum Gasteiger partial charge on any atom is -0.494 e. The molecule has 104 valence electrons. The second-order valence-electron chi connectivity index (χ2n) is 3.92. The number of anilines is 3. The van der Waals surface area contributed by atoms with E-state index in [1.165, 1.54) is 0 Å². The highest BCUT2D eigenvalue weighted by Crippen LogP contribution is 2.18. The Morgan fingerprint density at radius 1 is 1.30 bits per heavy atom. The summed E-state index contributed by atoms with van der Waals surface area (Å²) < 4.78 is 5.38. The van der Waals surface area contributed by atoms with Crippen molar-refractivity contribution < 1.29 is 4.74 Å². The summed E-state index contributed by atoms with van der Waals surface area (Å²) in [6.07, 6.45) is 3.31. The Labute approximate surface area is 117 Å². The molecular formula is C14H17N5O. The van der Waals surface area contributed by atoms with Crippen LogP contribution in [-0.4, -0.2) is 28.3 Å². The van der Waals surface area contributed by atoms with Crippen LogP contribution in [-0.2, 0) is 0 Å². The summed E-state index contributed by atoms with van der Waals surface area (Å²) >= 11 is 0. The zero-order valence-corrected chi connectivity index (χ0v) is 11.3. The summed E-state index contributed by atoms with van der Waals surface area (Å²) in [6.45, 7) is 6.86. The average Bonchev–Trinajstić information content (AvgIpc) is 2.48. The van der Waals surface area contributed by atoms with Crippen LogP contribution in [0.3, 0.4) is 0 Å². The number of rotatable bonds is 7. The lowest BCUT2D eigenvalue weighted by Gasteiger charge is -2.07. The molecule has 0 amide bonds. The van der Waals surface area contributed by atoms with Crippen molar-refractivity contribution in [3.63, 3.8) is 0 Å². The predicted molar refractivity (Wildman–Crippen MR) is 79.4 cm³/mol. The molecule has 2 N–H and O–H groups in total. The topological polar surface area (TPSA) is 72.0 Å². The standard InChI is InChI=1S/C14H17N5O/c1-3-9-15-13-10-16-19-14(18-13)17-11-5-7-12(8-6-11)20-4-2/h3,5-8,10H,1,4,9H2,2H3,(H2,15,17,18,19). The van der Waals surface area contributed by atoms with Crippen molar-refractivity contribution in [3.05, 3.63) is 43.1 Å². The first kappa shape index (κ1) is 13.8. The van der Waals surface area contributed by atoms with Gasteiger partial charge in [-0.2, -0.15) is 10.1 Å². The Morgan fingerprint density at radius 2 is 2.10 bits per heavy atom. The van der Waals surface area contributed by atoms with Crippen molar-refractivity contribution >= 4 is 17.5 Å². The SMILES string of the molecule is C=CCNc1cnnc(Nc2ccc(OCC)cc2)n1. The van der Waals surface area contributed by atoms with Gasteiger partial charge in [0.25, 0.3) is 0 Å². The first-order chi connectivity index (χ1) is 9.81. The molecule has 2 aromatic rings. The van der Waals surface area contributed by atoms with Crippen LogP contribution >= 0.6 is 0 Å². The van der Waals surface area contributed by atoms with E-state index < -0.39 is 0 Å². The molecule has 0 aliphatic heterocycles. The van der Waals surface area contributed by atoms with Crippen molar-refractivity contribution in [1.82, 2.24) is 15.2 Å². The van der Waals surface area contributed by atoms with Crippen LogP contribution in [0.1, 0.15) is 6.92 Å². The van der Waals surface area contributed by atoms with Crippen molar-refractivity contribution in [1.29, 1.82) is 0 Å². The summed E-state index contributed by atoms with van der Waals surface area (Å²) in [5.41, 5.74) is 0.871. The van der Waals surface area contributed by atoms with Gasteiger partial charge in [-0.15, -0.1) is 11.7 Å². The zero-order valence-electron chi connectivity index (χ0n) is 11.3. The lowest BCUT2D eigenvalue weighted by atomic mass is 10.3. The molecule has 0 atom stereocenters. The van der Waals surface area contributed by atoms with Gasteiger partial charge >= 0.3 is 0 Å². The number of nitrogens with one attached hydrogen (secondary N) is 2. The minimum atomic E-state index is 0.434. The van der Waals surface area contributed by atoms with Crippen LogP contribution in [0.4, 0.5) is 17.5 Å². The fraction of sp³-hybridized carbons (Fsp3) is 0.214. The molecule has 6 nitrogen and oxygen atoms in total. The summed E-state index contributed by atoms with van der Waals surface area (Å²) in [4.78, 5) is 4.29. The Morgan fingerprint density at radius 3 is 2.80 bits per heavy atom. The third kappa shape index (κ3) is 3.94. The van der Waals surface area contributed by atoms with Crippen LogP contribution in [0, 0.1) is 0 Å². The van der Waals surface area contributed by atoms with Crippen LogP contribution in [0.5, 0.6) is 5.75 Å². The molecule has 1 heterocycles. The Hall–Kier alpha value is -2.63. The zero-order chi connectivity index (χ0) is 14.2. The smallest absolute Gasteiger partial charge is 0.249 e. The molecule has 0 spiro atoms. The fourth-order valence-corrected chi connectivity index (χ4v) is 1.55. The average molecular weight is 271 g/mol. The molecule has 0 fully saturated rings. The van der Waals surface area contributed by atoms with E-state index in [0.717, 1.165) is 11.4 Å². The first-order valence-electron chi connectivity index (χ1n) is 6.36. The van der Waals surface area contributed by atoms with E-state index in [1.807, 2.05) is 31.2 Å². The Bertz CT molecular complexity index is 556. The third-order valence-corrected chi connectivity index (χ3v) is 2.41. The maximum Gasteiger partial charge on any atom is 0.249 e. The van der Waals surface area contributed by atoms with Gasteiger partial charge in [0.05, 0.1) is 12.8 Å². The van der Waals surface area contributed by atoms with E-state index >= 15 is 0 Å². The molecule has 0 unspecified atom stereocenters. The maximum absolute atomic E-state index is 5.38. The maximum atomic E-state index is 5.38. The van der Waals surface area contributed by atoms with Gasteiger partial charge in [0, 0.05) is 12.2 Å². The molecule has 2 rings (SSSR count). The second-order valence-corrected chi connectivity index (χ2v) is 3.92. The normalized spacial score (nSPS) is 9.85. The van der Waals surface area contributed by atoms with Gasteiger partial charge in [0.15, 0.2) is 5.82 Å². The molecule has 0 radical (unpaired) electrons. The summed E-state index contributed by atoms with van der Waals surface area (Å²) in [5.74, 6) is 1.91. The number of ether oxygens (including phenoxy) is 1. The molecule has 20 heavy (non-hydrogen) atoms. The van der Waals surface area contributed by atoms with Crippen LogP contribution < -0.4 is 15.4 Å². The monoisotopic (exact) mass is 271 g/mol. The third-order valence-electron chi connectivity index (χ3n) is 2.41. The van der Waals surface area contributed by atoms with Crippen LogP contribution in [0.15, 0.2) is 43.1 Å². The largest absolute Gasteiger partial charge is 0.494 e. The van der Waals surface area contributed by atoms with Gasteiger partial charge in [-0.3, -0.25) is 0 Å². The van der Waals surface area contributed by atoms with Gasteiger partial charge < -0.3 is 15.4 Å². The highest BCUT2D eigenvalue weighted by molar-refractivity contribution is 5.55. The van der Waals surface area contributed by atoms with E-state index in [0.29, 0.717) is 24.9 Å². The van der Waals surface area contributed by atoms with Gasteiger partial charge in [0.1, 0.15) is 5.75 Å². The minimum absolute atomic E-state index is 0.434. The second kappa shape index (κ2) is 7.08. The summed E-state index contributed by atoms with van der Waals surface area (Å²) in [5, 5.41) is 14.0. The van der Waals surface area contributed by atoms with Crippen molar-refractivity contribution in [3.8, 4) is 5.75 Å². The lowest BCUT2D eigenvalue weighted by Crippen LogP contribution is -2.05. The quantitative estimate of drug-likeness (QED) is 0.754.